The van der Waals surface area contributed by atoms with Gasteiger partial charge in [0, 0.05) is 16.6 Å². The highest BCUT2D eigenvalue weighted by Crippen LogP contribution is 2.57. The van der Waals surface area contributed by atoms with Gasteiger partial charge in [-0.25, -0.2) is 4.79 Å². The van der Waals surface area contributed by atoms with Crippen LogP contribution in [-0.2, 0) is 28.7 Å². The van der Waals surface area contributed by atoms with Crippen LogP contribution in [0.2, 0.25) is 0 Å². The summed E-state index contributed by atoms with van der Waals surface area (Å²) in [5, 5.41) is 0. The van der Waals surface area contributed by atoms with Crippen molar-refractivity contribution in [1.82, 2.24) is 9.80 Å². The Balaban J connectivity index is 1.02. The molecule has 4 saturated carbocycles. The molecule has 9 nitrogen and oxygen atoms in total. The molecule has 2 aliphatic heterocycles. The predicted molar refractivity (Wildman–Crippen MR) is 151 cm³/mol. The Hall–Kier alpha value is -2.88. The van der Waals surface area contributed by atoms with Gasteiger partial charge in [0.2, 0.25) is 23.6 Å². The van der Waals surface area contributed by atoms with Gasteiger partial charge in [0.05, 0.1) is 23.7 Å². The zero-order chi connectivity index (χ0) is 29.3. The molecule has 2 saturated heterocycles. The number of esters is 1. The number of carbonyl (C=O) groups is 6. The number of fused-ring (bicyclic) bond motifs is 10. The van der Waals surface area contributed by atoms with Crippen LogP contribution in [0.1, 0.15) is 68.1 Å². The van der Waals surface area contributed by atoms with Crippen molar-refractivity contribution >= 4 is 51.3 Å². The van der Waals surface area contributed by atoms with E-state index in [0.29, 0.717) is 30.2 Å². The van der Waals surface area contributed by atoms with Gasteiger partial charge in [-0.1, -0.05) is 28.1 Å². The Bertz CT molecular complexity index is 1300. The van der Waals surface area contributed by atoms with Crippen LogP contribution in [-0.4, -0.2) is 64.4 Å². The van der Waals surface area contributed by atoms with E-state index in [0.717, 1.165) is 47.9 Å². The number of benzene rings is 1. The fourth-order valence-corrected chi connectivity index (χ4v) is 9.61. The lowest BCUT2D eigenvalue weighted by Gasteiger charge is -2.26. The molecule has 4 amide bonds. The number of Topliss-reactive ketones (excluding diaryl/α,β-unsaturated/α-hetero) is 1. The Morgan fingerprint density at radius 2 is 1.26 bits per heavy atom. The molecule has 1 aromatic rings. The third-order valence-electron chi connectivity index (χ3n) is 11.2. The fraction of sp³-hybridized carbons (Fsp3) is 0.625. The molecular weight excluding hydrogens is 604 g/mol. The SMILES string of the molecule is O=C(COC(=O)[C@@H](CCCCN1C(=O)[C@H]2[C@@H]3CC[C@@H](C3)[C@@H]2C1=O)N1C(=O)[C@@H]2[C@@H]3CC[C@@H](C3)[C@@H]2C1=O)c1ccc(Br)cc1. The van der Waals surface area contributed by atoms with Gasteiger partial charge in [-0.2, -0.15) is 0 Å². The number of likely N-dealkylation sites (tertiary alicyclic amines) is 2. The summed E-state index contributed by atoms with van der Waals surface area (Å²) in [7, 11) is 0. The zero-order valence-corrected chi connectivity index (χ0v) is 25.0. The average molecular weight is 640 g/mol. The first-order chi connectivity index (χ1) is 20.2. The van der Waals surface area contributed by atoms with E-state index in [2.05, 4.69) is 15.9 Å². The van der Waals surface area contributed by atoms with Gasteiger partial charge in [0.15, 0.2) is 12.4 Å². The van der Waals surface area contributed by atoms with Gasteiger partial charge in [0.1, 0.15) is 6.04 Å². The second kappa shape index (κ2) is 10.7. The number of unbranched alkanes of at least 4 members (excludes halogenated alkanes) is 1. The summed E-state index contributed by atoms with van der Waals surface area (Å²) in [6.07, 6.45) is 6.80. The number of amides is 4. The summed E-state index contributed by atoms with van der Waals surface area (Å²) in [6.45, 7) is -0.224. The first-order valence-corrected chi connectivity index (χ1v) is 16.2. The average Bonchev–Trinajstić information content (AvgIpc) is 3.83. The zero-order valence-electron chi connectivity index (χ0n) is 23.4. The van der Waals surface area contributed by atoms with E-state index in [1.165, 1.54) is 4.90 Å². The Kier molecular flexibility index (Phi) is 7.10. The number of carbonyl (C=O) groups excluding carboxylic acids is 6. The summed E-state index contributed by atoms with van der Waals surface area (Å²) in [4.78, 5) is 81.9. The van der Waals surface area contributed by atoms with E-state index in [1.54, 1.807) is 24.3 Å². The van der Waals surface area contributed by atoms with Crippen molar-refractivity contribution in [1.29, 1.82) is 0 Å². The van der Waals surface area contributed by atoms with Gasteiger partial charge >= 0.3 is 5.97 Å². The van der Waals surface area contributed by atoms with E-state index in [4.69, 9.17) is 4.74 Å². The molecule has 6 aliphatic rings. The normalized spacial score (nSPS) is 34.9. The molecule has 0 unspecified atom stereocenters. The lowest BCUT2D eigenvalue weighted by Crippen LogP contribution is -2.47. The highest BCUT2D eigenvalue weighted by Gasteiger charge is 2.63. The number of imide groups is 2. The van der Waals surface area contributed by atoms with Crippen molar-refractivity contribution in [3.8, 4) is 0 Å². The third kappa shape index (κ3) is 4.38. The van der Waals surface area contributed by atoms with E-state index in [9.17, 15) is 28.8 Å². The molecule has 1 aromatic carbocycles. The largest absolute Gasteiger partial charge is 0.456 e. The van der Waals surface area contributed by atoms with Crippen LogP contribution < -0.4 is 0 Å². The van der Waals surface area contributed by atoms with Gasteiger partial charge in [0.25, 0.3) is 0 Å². The molecule has 0 spiro atoms. The van der Waals surface area contributed by atoms with Crippen molar-refractivity contribution < 1.29 is 33.5 Å². The molecule has 222 valence electrons. The van der Waals surface area contributed by atoms with Crippen LogP contribution in [0.15, 0.2) is 28.7 Å². The highest BCUT2D eigenvalue weighted by molar-refractivity contribution is 9.10. The van der Waals surface area contributed by atoms with Crippen LogP contribution in [0.5, 0.6) is 0 Å². The molecule has 0 radical (unpaired) electrons. The van der Waals surface area contributed by atoms with Crippen molar-refractivity contribution in [3.05, 3.63) is 34.3 Å². The minimum absolute atomic E-state index is 0.0622. The molecule has 0 N–H and O–H groups in total. The number of halogens is 1. The number of hydrogen-bond acceptors (Lipinski definition) is 7. The van der Waals surface area contributed by atoms with Crippen molar-refractivity contribution in [2.45, 2.75) is 63.8 Å². The first kappa shape index (κ1) is 27.9. The van der Waals surface area contributed by atoms with Crippen molar-refractivity contribution in [2.75, 3.05) is 13.2 Å². The maximum atomic E-state index is 13.6. The molecule has 4 bridgehead atoms. The highest BCUT2D eigenvalue weighted by atomic mass is 79.9. The minimum Gasteiger partial charge on any atom is -0.456 e. The van der Waals surface area contributed by atoms with Gasteiger partial charge in [-0.15, -0.1) is 0 Å². The molecule has 4 aliphatic carbocycles. The monoisotopic (exact) mass is 638 g/mol. The third-order valence-corrected chi connectivity index (χ3v) is 11.7. The molecule has 7 rings (SSSR count). The summed E-state index contributed by atoms with van der Waals surface area (Å²) >= 11 is 3.33. The Morgan fingerprint density at radius 1 is 0.762 bits per heavy atom. The van der Waals surface area contributed by atoms with Gasteiger partial charge in [-0.05, 0) is 93.6 Å². The lowest BCUT2D eigenvalue weighted by molar-refractivity contribution is -0.159. The van der Waals surface area contributed by atoms with Crippen molar-refractivity contribution in [2.24, 2.45) is 47.3 Å². The predicted octanol–water partition coefficient (Wildman–Crippen LogP) is 3.78. The Labute approximate surface area is 252 Å². The van der Waals surface area contributed by atoms with Gasteiger partial charge < -0.3 is 4.74 Å². The first-order valence-electron chi connectivity index (χ1n) is 15.4. The van der Waals surface area contributed by atoms with E-state index in [1.807, 2.05) is 0 Å². The van der Waals surface area contributed by atoms with Crippen LogP contribution >= 0.6 is 15.9 Å². The van der Waals surface area contributed by atoms with Crippen LogP contribution in [0.25, 0.3) is 0 Å². The van der Waals surface area contributed by atoms with E-state index >= 15 is 0 Å². The number of hydrogen-bond donors (Lipinski definition) is 0. The van der Waals surface area contributed by atoms with Crippen LogP contribution in [0, 0.1) is 47.3 Å². The maximum Gasteiger partial charge on any atom is 0.329 e. The summed E-state index contributed by atoms with van der Waals surface area (Å²) < 4.78 is 6.25. The molecule has 10 heteroatoms. The molecule has 0 aromatic heterocycles. The topological polar surface area (TPSA) is 118 Å². The molecule has 42 heavy (non-hydrogen) atoms. The smallest absolute Gasteiger partial charge is 0.329 e. The minimum atomic E-state index is -1.13. The number of ketones is 1. The number of rotatable bonds is 10. The maximum absolute atomic E-state index is 13.6. The Morgan fingerprint density at radius 3 is 1.79 bits per heavy atom. The van der Waals surface area contributed by atoms with Crippen LogP contribution in [0.3, 0.4) is 0 Å². The summed E-state index contributed by atoms with van der Waals surface area (Å²) in [5.41, 5.74) is 0.389. The van der Waals surface area contributed by atoms with E-state index < -0.39 is 18.6 Å². The fourth-order valence-electron chi connectivity index (χ4n) is 9.34. The second-order valence-electron chi connectivity index (χ2n) is 13.2. The molecule has 6 fully saturated rings. The summed E-state index contributed by atoms with van der Waals surface area (Å²) in [5.74, 6) is -1.95. The standard InChI is InChI=1S/C32H35BrN2O7/c33-21-10-8-16(9-11-21)23(36)15-42-32(41)22(35-30(39)26-19-6-7-20(14-19)27(26)31(35)40)3-1-2-12-34-28(37)24-17-4-5-18(13-17)25(24)29(34)38/h8-11,17-20,22,24-27H,1-7,12-15H2/t17-,18+,19-,20+,22-,24+,25+,26-,27+/m1/s1. The molecule has 2 heterocycles. The second-order valence-corrected chi connectivity index (χ2v) is 14.1. The number of ether oxygens (including phenoxy) is 1. The molecular formula is C32H35BrN2O7. The quantitative estimate of drug-likeness (QED) is 0.166. The summed E-state index contributed by atoms with van der Waals surface area (Å²) in [6, 6.07) is 5.57. The lowest BCUT2D eigenvalue weighted by atomic mass is 9.81. The van der Waals surface area contributed by atoms with Crippen molar-refractivity contribution in [3.63, 3.8) is 0 Å². The van der Waals surface area contributed by atoms with Crippen LogP contribution in [0.4, 0.5) is 0 Å². The number of nitrogens with zero attached hydrogens (tertiary/aromatic N) is 2. The van der Waals surface area contributed by atoms with E-state index in [-0.39, 0.29) is 77.9 Å². The molecule has 9 atom stereocenters. The van der Waals surface area contributed by atoms with Gasteiger partial charge in [-0.3, -0.25) is 33.8 Å².